The van der Waals surface area contributed by atoms with Gasteiger partial charge in [0.15, 0.2) is 0 Å². The Morgan fingerprint density at radius 2 is 2.11 bits per heavy atom. The average molecular weight is 269 g/mol. The molecule has 0 saturated carbocycles. The quantitative estimate of drug-likeness (QED) is 0.797. The minimum atomic E-state index is -0.149. The second-order valence-corrected chi connectivity index (χ2v) is 6.73. The van der Waals surface area contributed by atoms with Crippen LogP contribution in [0, 0.1) is 5.92 Å². The number of nitrogens with zero attached hydrogens (tertiary/aromatic N) is 1. The molecule has 1 aliphatic heterocycles. The third-order valence-corrected chi connectivity index (χ3v) is 3.66. The molecule has 0 aromatic carbocycles. The first-order valence-electron chi connectivity index (χ1n) is 7.60. The number of hydrogen-bond donors (Lipinski definition) is 2. The first-order valence-corrected chi connectivity index (χ1v) is 7.60. The van der Waals surface area contributed by atoms with Crippen molar-refractivity contribution >= 4 is 5.91 Å². The molecule has 0 aromatic rings. The van der Waals surface area contributed by atoms with Gasteiger partial charge >= 0.3 is 0 Å². The average Bonchev–Trinajstić information content (AvgIpc) is 2.33. The Labute approximate surface area is 118 Å². The van der Waals surface area contributed by atoms with Crippen molar-refractivity contribution in [2.45, 2.75) is 59.0 Å². The third-order valence-electron chi connectivity index (χ3n) is 3.66. The van der Waals surface area contributed by atoms with Crippen molar-refractivity contribution in [3.63, 3.8) is 0 Å². The number of carbonyl (C=O) groups excluding carboxylic acids is 1. The maximum absolute atomic E-state index is 12.2. The lowest BCUT2D eigenvalue weighted by Crippen LogP contribution is -2.53. The lowest BCUT2D eigenvalue weighted by molar-refractivity contribution is -0.128. The van der Waals surface area contributed by atoms with Gasteiger partial charge in [0.2, 0.25) is 5.91 Å². The Hall–Kier alpha value is -0.610. The molecule has 0 spiro atoms. The molecular formula is C15H31N3O. The van der Waals surface area contributed by atoms with E-state index < -0.39 is 0 Å². The van der Waals surface area contributed by atoms with Crippen LogP contribution in [0.15, 0.2) is 0 Å². The highest BCUT2D eigenvalue weighted by atomic mass is 16.2. The van der Waals surface area contributed by atoms with Crippen LogP contribution >= 0.6 is 0 Å². The van der Waals surface area contributed by atoms with E-state index in [2.05, 4.69) is 22.5 Å². The fraction of sp³-hybridized carbons (Fsp3) is 0.933. The van der Waals surface area contributed by atoms with E-state index in [1.807, 2.05) is 27.7 Å². The smallest absolute Gasteiger partial charge is 0.237 e. The summed E-state index contributed by atoms with van der Waals surface area (Å²) in [6.07, 6.45) is 2.47. The Bertz CT molecular complexity index is 286. The van der Waals surface area contributed by atoms with Crippen LogP contribution < -0.4 is 10.6 Å². The molecule has 0 radical (unpaired) electrons. The summed E-state index contributed by atoms with van der Waals surface area (Å²) in [7, 11) is 0. The molecule has 1 fully saturated rings. The number of amides is 1. The second kappa shape index (κ2) is 7.25. The standard InChI is InChI=1S/C15H31N3O/c1-6-16-10-13-8-7-9-18(11-13)12(2)14(19)17-15(3,4)5/h12-13,16H,6-11H2,1-5H3,(H,17,19). The molecule has 1 saturated heterocycles. The molecule has 19 heavy (non-hydrogen) atoms. The predicted octanol–water partition coefficient (Wildman–Crippen LogP) is 1.61. The molecule has 4 nitrogen and oxygen atoms in total. The monoisotopic (exact) mass is 269 g/mol. The van der Waals surface area contributed by atoms with E-state index in [-0.39, 0.29) is 17.5 Å². The van der Waals surface area contributed by atoms with Gasteiger partial charge in [-0.3, -0.25) is 9.69 Å². The molecule has 0 aromatic heterocycles. The predicted molar refractivity (Wildman–Crippen MR) is 80.2 cm³/mol. The summed E-state index contributed by atoms with van der Waals surface area (Å²) < 4.78 is 0. The van der Waals surface area contributed by atoms with Gasteiger partial charge in [-0.25, -0.2) is 0 Å². The van der Waals surface area contributed by atoms with Crippen molar-refractivity contribution in [3.05, 3.63) is 0 Å². The summed E-state index contributed by atoms with van der Waals surface area (Å²) in [5.41, 5.74) is -0.149. The zero-order chi connectivity index (χ0) is 14.5. The lowest BCUT2D eigenvalue weighted by atomic mass is 9.96. The molecule has 0 bridgehead atoms. The fourth-order valence-electron chi connectivity index (χ4n) is 2.60. The number of piperidine rings is 1. The number of nitrogens with one attached hydrogen (secondary N) is 2. The van der Waals surface area contributed by atoms with Crippen LogP contribution in [0.3, 0.4) is 0 Å². The molecule has 4 heteroatoms. The minimum absolute atomic E-state index is 0.0244. The minimum Gasteiger partial charge on any atom is -0.350 e. The normalized spacial score (nSPS) is 23.1. The van der Waals surface area contributed by atoms with Gasteiger partial charge in [0.05, 0.1) is 6.04 Å². The fourth-order valence-corrected chi connectivity index (χ4v) is 2.60. The summed E-state index contributed by atoms with van der Waals surface area (Å²) in [6, 6.07) is -0.0244. The molecule has 1 amide bonds. The number of carbonyl (C=O) groups is 1. The molecule has 2 atom stereocenters. The van der Waals surface area contributed by atoms with E-state index in [0.717, 1.165) is 26.2 Å². The molecule has 2 unspecified atom stereocenters. The summed E-state index contributed by atoms with van der Waals surface area (Å²) in [6.45, 7) is 14.4. The van der Waals surface area contributed by atoms with E-state index in [0.29, 0.717) is 5.92 Å². The Balaban J connectivity index is 2.47. The SMILES string of the molecule is CCNCC1CCCN(C(C)C(=O)NC(C)(C)C)C1. The van der Waals surface area contributed by atoms with Gasteiger partial charge < -0.3 is 10.6 Å². The number of likely N-dealkylation sites (tertiary alicyclic amines) is 1. The van der Waals surface area contributed by atoms with Crippen LogP contribution in [0.4, 0.5) is 0 Å². The summed E-state index contributed by atoms with van der Waals surface area (Å²) in [4.78, 5) is 14.5. The molecule has 1 aliphatic rings. The highest BCUT2D eigenvalue weighted by Crippen LogP contribution is 2.18. The highest BCUT2D eigenvalue weighted by Gasteiger charge is 2.28. The van der Waals surface area contributed by atoms with E-state index in [1.54, 1.807) is 0 Å². The number of rotatable bonds is 5. The summed E-state index contributed by atoms with van der Waals surface area (Å²) in [5.74, 6) is 0.829. The van der Waals surface area contributed by atoms with Gasteiger partial charge in [0, 0.05) is 12.1 Å². The molecule has 1 heterocycles. The largest absolute Gasteiger partial charge is 0.350 e. The zero-order valence-corrected chi connectivity index (χ0v) is 13.3. The molecule has 0 aliphatic carbocycles. The first kappa shape index (κ1) is 16.4. The first-order chi connectivity index (χ1) is 8.83. The van der Waals surface area contributed by atoms with E-state index in [9.17, 15) is 4.79 Å². The maximum Gasteiger partial charge on any atom is 0.237 e. The van der Waals surface area contributed by atoms with Crippen molar-refractivity contribution < 1.29 is 4.79 Å². The van der Waals surface area contributed by atoms with Crippen LogP contribution in [0.5, 0.6) is 0 Å². The van der Waals surface area contributed by atoms with Gasteiger partial charge in [0.25, 0.3) is 0 Å². The Kier molecular flexibility index (Phi) is 6.27. The molecule has 112 valence electrons. The van der Waals surface area contributed by atoms with Gasteiger partial charge in [-0.1, -0.05) is 6.92 Å². The van der Waals surface area contributed by atoms with Crippen LogP contribution in [0.2, 0.25) is 0 Å². The molecule has 1 rings (SSSR count). The lowest BCUT2D eigenvalue weighted by Gasteiger charge is -2.37. The van der Waals surface area contributed by atoms with Crippen LogP contribution in [-0.4, -0.2) is 48.6 Å². The van der Waals surface area contributed by atoms with Crippen LogP contribution in [-0.2, 0) is 4.79 Å². The second-order valence-electron chi connectivity index (χ2n) is 6.73. The van der Waals surface area contributed by atoms with E-state index in [1.165, 1.54) is 12.8 Å². The van der Waals surface area contributed by atoms with Crippen molar-refractivity contribution in [1.82, 2.24) is 15.5 Å². The van der Waals surface area contributed by atoms with E-state index in [4.69, 9.17) is 0 Å². The van der Waals surface area contributed by atoms with Crippen molar-refractivity contribution in [2.75, 3.05) is 26.2 Å². The summed E-state index contributed by atoms with van der Waals surface area (Å²) in [5, 5.41) is 6.50. The Morgan fingerprint density at radius 1 is 1.42 bits per heavy atom. The summed E-state index contributed by atoms with van der Waals surface area (Å²) >= 11 is 0. The maximum atomic E-state index is 12.2. The van der Waals surface area contributed by atoms with Gasteiger partial charge in [0.1, 0.15) is 0 Å². The highest BCUT2D eigenvalue weighted by molar-refractivity contribution is 5.81. The zero-order valence-electron chi connectivity index (χ0n) is 13.3. The molecular weight excluding hydrogens is 238 g/mol. The van der Waals surface area contributed by atoms with E-state index >= 15 is 0 Å². The Morgan fingerprint density at radius 3 is 2.68 bits per heavy atom. The number of hydrogen-bond acceptors (Lipinski definition) is 3. The van der Waals surface area contributed by atoms with Gasteiger partial charge in [-0.05, 0) is 66.1 Å². The van der Waals surface area contributed by atoms with Gasteiger partial charge in [-0.2, -0.15) is 0 Å². The van der Waals surface area contributed by atoms with Crippen molar-refractivity contribution in [1.29, 1.82) is 0 Å². The third kappa shape index (κ3) is 5.91. The molecule has 2 N–H and O–H groups in total. The van der Waals surface area contributed by atoms with Crippen molar-refractivity contribution in [3.8, 4) is 0 Å². The van der Waals surface area contributed by atoms with Crippen LogP contribution in [0.25, 0.3) is 0 Å². The van der Waals surface area contributed by atoms with Crippen LogP contribution in [0.1, 0.15) is 47.5 Å². The topological polar surface area (TPSA) is 44.4 Å². The van der Waals surface area contributed by atoms with Gasteiger partial charge in [-0.15, -0.1) is 0 Å². The van der Waals surface area contributed by atoms with Crippen molar-refractivity contribution in [2.24, 2.45) is 5.92 Å².